The van der Waals surface area contributed by atoms with Crippen molar-refractivity contribution in [1.29, 1.82) is 0 Å². The zero-order chi connectivity index (χ0) is 15.4. The van der Waals surface area contributed by atoms with Crippen LogP contribution in [0.2, 0.25) is 5.02 Å². The minimum atomic E-state index is 0.0572. The Bertz CT molecular complexity index is 615. The van der Waals surface area contributed by atoms with Crippen molar-refractivity contribution >= 4 is 33.2 Å². The molecule has 2 N–H and O–H groups in total. The van der Waals surface area contributed by atoms with Gasteiger partial charge in [0.1, 0.15) is 0 Å². The molecule has 0 amide bonds. The highest BCUT2D eigenvalue weighted by Crippen LogP contribution is 2.32. The molecule has 21 heavy (non-hydrogen) atoms. The summed E-state index contributed by atoms with van der Waals surface area (Å²) in [4.78, 5) is 2.29. The van der Waals surface area contributed by atoms with E-state index in [4.69, 9.17) is 17.3 Å². The number of anilines is 1. The van der Waals surface area contributed by atoms with Gasteiger partial charge in [-0.05, 0) is 55.3 Å². The molecular weight excluding hydrogens is 348 g/mol. The standard InChI is InChI=1S/C17H20BrClN2/c1-3-21(14-6-4-5-12(2)9-14)17(11-20)15-10-13(18)7-8-16(15)19/h4-10,17H,3,11,20H2,1-2H3. The van der Waals surface area contributed by atoms with Crippen LogP contribution in [0.5, 0.6) is 0 Å². The van der Waals surface area contributed by atoms with Crippen LogP contribution in [0.4, 0.5) is 5.69 Å². The minimum absolute atomic E-state index is 0.0572. The van der Waals surface area contributed by atoms with Crippen molar-refractivity contribution in [2.24, 2.45) is 5.73 Å². The lowest BCUT2D eigenvalue weighted by atomic mass is 10.0. The van der Waals surface area contributed by atoms with E-state index in [0.717, 1.165) is 21.6 Å². The summed E-state index contributed by atoms with van der Waals surface area (Å²) < 4.78 is 1.01. The number of hydrogen-bond acceptors (Lipinski definition) is 2. The van der Waals surface area contributed by atoms with Gasteiger partial charge in [0.2, 0.25) is 0 Å². The van der Waals surface area contributed by atoms with Crippen molar-refractivity contribution in [3.05, 3.63) is 63.1 Å². The van der Waals surface area contributed by atoms with Gasteiger partial charge in [-0.3, -0.25) is 0 Å². The molecule has 2 aromatic rings. The second-order valence-corrected chi connectivity index (χ2v) is 6.37. The molecular formula is C17H20BrClN2. The van der Waals surface area contributed by atoms with Crippen LogP contribution in [0.1, 0.15) is 24.1 Å². The molecule has 0 aromatic heterocycles. The molecule has 1 unspecified atom stereocenters. The lowest BCUT2D eigenvalue weighted by Gasteiger charge is -2.33. The molecule has 0 aliphatic carbocycles. The van der Waals surface area contributed by atoms with E-state index in [1.54, 1.807) is 0 Å². The Morgan fingerprint density at radius 2 is 2.00 bits per heavy atom. The second kappa shape index (κ2) is 7.30. The first-order valence-corrected chi connectivity index (χ1v) is 8.22. The molecule has 2 aromatic carbocycles. The molecule has 4 heteroatoms. The lowest BCUT2D eigenvalue weighted by molar-refractivity contribution is 0.643. The van der Waals surface area contributed by atoms with E-state index in [0.29, 0.717) is 6.54 Å². The molecule has 0 spiro atoms. The molecule has 0 saturated carbocycles. The highest BCUT2D eigenvalue weighted by atomic mass is 79.9. The van der Waals surface area contributed by atoms with Crippen LogP contribution in [0.25, 0.3) is 0 Å². The SMILES string of the molecule is CCN(c1cccc(C)c1)C(CN)c1cc(Br)ccc1Cl. The minimum Gasteiger partial charge on any atom is -0.363 e. The van der Waals surface area contributed by atoms with Gasteiger partial charge in [0.25, 0.3) is 0 Å². The first kappa shape index (κ1) is 16.3. The van der Waals surface area contributed by atoms with Crippen molar-refractivity contribution < 1.29 is 0 Å². The third-order valence-electron chi connectivity index (χ3n) is 3.59. The predicted molar refractivity (Wildman–Crippen MR) is 95.1 cm³/mol. The van der Waals surface area contributed by atoms with Crippen LogP contribution < -0.4 is 10.6 Å². The first-order valence-electron chi connectivity index (χ1n) is 7.05. The van der Waals surface area contributed by atoms with Crippen molar-refractivity contribution in [2.75, 3.05) is 18.0 Å². The third kappa shape index (κ3) is 3.79. The van der Waals surface area contributed by atoms with Crippen LogP contribution in [0.3, 0.4) is 0 Å². The average molecular weight is 368 g/mol. The van der Waals surface area contributed by atoms with Gasteiger partial charge in [-0.2, -0.15) is 0 Å². The quantitative estimate of drug-likeness (QED) is 0.811. The summed E-state index contributed by atoms with van der Waals surface area (Å²) in [5.41, 5.74) is 9.52. The van der Waals surface area contributed by atoms with Gasteiger partial charge < -0.3 is 10.6 Å². The van der Waals surface area contributed by atoms with E-state index in [-0.39, 0.29) is 6.04 Å². The van der Waals surface area contributed by atoms with Crippen molar-refractivity contribution in [3.63, 3.8) is 0 Å². The topological polar surface area (TPSA) is 29.3 Å². The van der Waals surface area contributed by atoms with Crippen LogP contribution in [0, 0.1) is 6.92 Å². The summed E-state index contributed by atoms with van der Waals surface area (Å²) in [7, 11) is 0. The molecule has 0 aliphatic rings. The third-order valence-corrected chi connectivity index (χ3v) is 4.43. The van der Waals surface area contributed by atoms with E-state index >= 15 is 0 Å². The fourth-order valence-electron chi connectivity index (χ4n) is 2.58. The molecule has 0 aliphatic heterocycles. The number of halogens is 2. The molecule has 0 radical (unpaired) electrons. The van der Waals surface area contributed by atoms with Crippen LogP contribution >= 0.6 is 27.5 Å². The maximum Gasteiger partial charge on any atom is 0.0679 e. The van der Waals surface area contributed by atoms with E-state index in [1.807, 2.05) is 12.1 Å². The van der Waals surface area contributed by atoms with Crippen LogP contribution in [0.15, 0.2) is 46.9 Å². The van der Waals surface area contributed by atoms with Crippen molar-refractivity contribution in [3.8, 4) is 0 Å². The largest absolute Gasteiger partial charge is 0.363 e. The summed E-state index contributed by atoms with van der Waals surface area (Å²) in [6.07, 6.45) is 0. The van der Waals surface area contributed by atoms with E-state index in [1.165, 1.54) is 11.3 Å². The van der Waals surface area contributed by atoms with Gasteiger partial charge in [0.05, 0.1) is 6.04 Å². The predicted octanol–water partition coefficient (Wildman–Crippen LogP) is 4.94. The summed E-state index contributed by atoms with van der Waals surface area (Å²) in [6, 6.07) is 14.4. The lowest BCUT2D eigenvalue weighted by Crippen LogP contribution is -2.34. The molecule has 112 valence electrons. The summed E-state index contributed by atoms with van der Waals surface area (Å²) >= 11 is 9.90. The Balaban J connectivity index is 2.44. The van der Waals surface area contributed by atoms with Crippen LogP contribution in [-0.4, -0.2) is 13.1 Å². The van der Waals surface area contributed by atoms with E-state index in [9.17, 15) is 0 Å². The number of aryl methyl sites for hydroxylation is 1. The molecule has 1 atom stereocenters. The average Bonchev–Trinajstić information content (AvgIpc) is 2.47. The van der Waals surface area contributed by atoms with Gasteiger partial charge in [-0.15, -0.1) is 0 Å². The van der Waals surface area contributed by atoms with Gasteiger partial charge in [0.15, 0.2) is 0 Å². The fraction of sp³-hybridized carbons (Fsp3) is 0.294. The molecule has 0 saturated heterocycles. The maximum absolute atomic E-state index is 6.39. The second-order valence-electron chi connectivity index (χ2n) is 5.04. The number of nitrogens with zero attached hydrogens (tertiary/aromatic N) is 1. The number of nitrogens with two attached hydrogens (primary N) is 1. The van der Waals surface area contributed by atoms with Gasteiger partial charge in [-0.1, -0.05) is 39.7 Å². The highest BCUT2D eigenvalue weighted by molar-refractivity contribution is 9.10. The number of hydrogen-bond donors (Lipinski definition) is 1. The van der Waals surface area contributed by atoms with Crippen LogP contribution in [-0.2, 0) is 0 Å². The number of benzene rings is 2. The molecule has 0 heterocycles. The normalized spacial score (nSPS) is 12.2. The summed E-state index contributed by atoms with van der Waals surface area (Å²) in [5.74, 6) is 0. The summed E-state index contributed by atoms with van der Waals surface area (Å²) in [5, 5.41) is 0.750. The van der Waals surface area contributed by atoms with Gasteiger partial charge in [0, 0.05) is 28.3 Å². The first-order chi connectivity index (χ1) is 10.1. The van der Waals surface area contributed by atoms with E-state index in [2.05, 4.69) is 65.0 Å². The van der Waals surface area contributed by atoms with Crippen molar-refractivity contribution in [2.45, 2.75) is 19.9 Å². The fourth-order valence-corrected chi connectivity index (χ4v) is 3.20. The number of rotatable bonds is 5. The smallest absolute Gasteiger partial charge is 0.0679 e. The molecule has 0 fully saturated rings. The zero-order valence-corrected chi connectivity index (χ0v) is 14.7. The Kier molecular flexibility index (Phi) is 5.68. The molecule has 0 bridgehead atoms. The molecule has 2 rings (SSSR count). The van der Waals surface area contributed by atoms with Crippen molar-refractivity contribution in [1.82, 2.24) is 0 Å². The van der Waals surface area contributed by atoms with E-state index < -0.39 is 0 Å². The summed E-state index contributed by atoms with van der Waals surface area (Å²) in [6.45, 7) is 5.61. The van der Waals surface area contributed by atoms with Gasteiger partial charge in [-0.25, -0.2) is 0 Å². The highest BCUT2D eigenvalue weighted by Gasteiger charge is 2.21. The zero-order valence-electron chi connectivity index (χ0n) is 12.3. The monoisotopic (exact) mass is 366 g/mol. The Hall–Kier alpha value is -1.03. The van der Waals surface area contributed by atoms with Gasteiger partial charge >= 0.3 is 0 Å². The Labute approximate surface area is 140 Å². The Morgan fingerprint density at radius 1 is 1.24 bits per heavy atom. The maximum atomic E-state index is 6.39. The Morgan fingerprint density at radius 3 is 2.62 bits per heavy atom. The number of likely N-dealkylation sites (N-methyl/N-ethyl adjacent to an activating group) is 1. The molecule has 2 nitrogen and oxygen atoms in total.